The molecule has 66 valence electrons. The van der Waals surface area contributed by atoms with Crippen molar-refractivity contribution >= 4 is 17.2 Å². The summed E-state index contributed by atoms with van der Waals surface area (Å²) in [6, 6.07) is 1.93. The van der Waals surface area contributed by atoms with Gasteiger partial charge in [0.05, 0.1) is 6.04 Å². The van der Waals surface area contributed by atoms with Crippen molar-refractivity contribution in [2.45, 2.75) is 13.0 Å². The molecule has 2 N–H and O–H groups in total. The van der Waals surface area contributed by atoms with Crippen LogP contribution in [0, 0.1) is 0 Å². The largest absolute Gasteiger partial charge is 0.387 e. The summed E-state index contributed by atoms with van der Waals surface area (Å²) in [5, 5.41) is 15.1. The van der Waals surface area contributed by atoms with Crippen molar-refractivity contribution in [2.75, 3.05) is 6.61 Å². The van der Waals surface area contributed by atoms with Crippen LogP contribution in [0.4, 0.5) is 0 Å². The fraction of sp³-hybridized carbons (Fsp3) is 0.375. The van der Waals surface area contributed by atoms with E-state index in [4.69, 9.17) is 5.11 Å². The fourth-order valence-electron chi connectivity index (χ4n) is 0.892. The number of aliphatic hydroxyl groups is 1. The first-order valence-electron chi connectivity index (χ1n) is 3.66. The Balaban J connectivity index is 2.49. The summed E-state index contributed by atoms with van der Waals surface area (Å²) >= 11 is 1.59. The highest BCUT2D eigenvalue weighted by molar-refractivity contribution is 7.07. The molecule has 4 heteroatoms. The highest BCUT2D eigenvalue weighted by Gasteiger charge is 2.07. The van der Waals surface area contributed by atoms with Crippen molar-refractivity contribution in [1.82, 2.24) is 5.32 Å². The summed E-state index contributed by atoms with van der Waals surface area (Å²) in [5.41, 5.74) is 1.07. The first-order valence-corrected chi connectivity index (χ1v) is 4.60. The Labute approximate surface area is 75.0 Å². The molecule has 0 saturated carbocycles. The van der Waals surface area contributed by atoms with Gasteiger partial charge in [-0.1, -0.05) is 0 Å². The van der Waals surface area contributed by atoms with Crippen LogP contribution >= 0.6 is 11.3 Å². The van der Waals surface area contributed by atoms with Gasteiger partial charge in [-0.25, -0.2) is 0 Å². The van der Waals surface area contributed by atoms with E-state index in [0.717, 1.165) is 5.56 Å². The number of carbonyl (C=O) groups is 1. The van der Waals surface area contributed by atoms with Crippen LogP contribution in [0.2, 0.25) is 0 Å². The molecule has 1 rings (SSSR count). The average Bonchev–Trinajstić information content (AvgIpc) is 2.56. The highest BCUT2D eigenvalue weighted by atomic mass is 32.1. The predicted molar refractivity (Wildman–Crippen MR) is 48.0 cm³/mol. The van der Waals surface area contributed by atoms with Crippen LogP contribution in [0.15, 0.2) is 16.8 Å². The fourth-order valence-corrected chi connectivity index (χ4v) is 1.65. The summed E-state index contributed by atoms with van der Waals surface area (Å²) < 4.78 is 0. The zero-order valence-electron chi connectivity index (χ0n) is 6.78. The van der Waals surface area contributed by atoms with E-state index in [1.54, 1.807) is 11.3 Å². The van der Waals surface area contributed by atoms with Crippen LogP contribution < -0.4 is 5.32 Å². The van der Waals surface area contributed by atoms with E-state index in [0.29, 0.717) is 0 Å². The third kappa shape index (κ3) is 2.32. The number of nitrogens with one attached hydrogen (secondary N) is 1. The molecular formula is C8H11NO2S. The van der Waals surface area contributed by atoms with Crippen molar-refractivity contribution in [3.05, 3.63) is 22.4 Å². The SMILES string of the molecule is CC(NC(=O)CO)c1ccsc1. The van der Waals surface area contributed by atoms with Gasteiger partial charge in [0.2, 0.25) is 5.91 Å². The lowest BCUT2D eigenvalue weighted by atomic mass is 10.2. The van der Waals surface area contributed by atoms with Crippen LogP contribution in [0.3, 0.4) is 0 Å². The lowest BCUT2D eigenvalue weighted by Gasteiger charge is -2.10. The Morgan fingerprint density at radius 1 is 1.83 bits per heavy atom. The van der Waals surface area contributed by atoms with Crippen LogP contribution in [-0.2, 0) is 4.79 Å². The number of aliphatic hydroxyl groups excluding tert-OH is 1. The molecule has 0 radical (unpaired) electrons. The molecule has 1 heterocycles. The number of hydrogen-bond acceptors (Lipinski definition) is 3. The van der Waals surface area contributed by atoms with Gasteiger partial charge in [0.25, 0.3) is 0 Å². The Bertz CT molecular complexity index is 246. The Kier molecular flexibility index (Phi) is 3.25. The second-order valence-corrected chi connectivity index (χ2v) is 3.28. The lowest BCUT2D eigenvalue weighted by molar-refractivity contribution is -0.124. The molecule has 1 aromatic heterocycles. The molecule has 0 aromatic carbocycles. The molecule has 1 amide bonds. The summed E-state index contributed by atoms with van der Waals surface area (Å²) in [4.78, 5) is 10.8. The minimum atomic E-state index is -0.450. The molecular weight excluding hydrogens is 174 g/mol. The smallest absolute Gasteiger partial charge is 0.246 e. The normalized spacial score (nSPS) is 12.5. The highest BCUT2D eigenvalue weighted by Crippen LogP contribution is 2.14. The second kappa shape index (κ2) is 4.23. The topological polar surface area (TPSA) is 49.3 Å². The Hall–Kier alpha value is -0.870. The van der Waals surface area contributed by atoms with Gasteiger partial charge in [-0.05, 0) is 29.3 Å². The van der Waals surface area contributed by atoms with Crippen molar-refractivity contribution < 1.29 is 9.90 Å². The molecule has 0 aliphatic heterocycles. The van der Waals surface area contributed by atoms with Gasteiger partial charge in [-0.2, -0.15) is 11.3 Å². The molecule has 1 atom stereocenters. The van der Waals surface area contributed by atoms with Crippen molar-refractivity contribution in [2.24, 2.45) is 0 Å². The summed E-state index contributed by atoms with van der Waals surface area (Å²) in [7, 11) is 0. The van der Waals surface area contributed by atoms with E-state index in [1.165, 1.54) is 0 Å². The standard InChI is InChI=1S/C8H11NO2S/c1-6(9-8(11)4-10)7-2-3-12-5-7/h2-3,5-6,10H,4H2,1H3,(H,9,11). The van der Waals surface area contributed by atoms with Crippen LogP contribution in [0.5, 0.6) is 0 Å². The number of carbonyl (C=O) groups excluding carboxylic acids is 1. The number of amides is 1. The third-order valence-electron chi connectivity index (χ3n) is 1.56. The maximum absolute atomic E-state index is 10.8. The third-order valence-corrected chi connectivity index (χ3v) is 2.27. The first-order chi connectivity index (χ1) is 5.74. The van der Waals surface area contributed by atoms with Crippen molar-refractivity contribution in [3.8, 4) is 0 Å². The average molecular weight is 185 g/mol. The zero-order chi connectivity index (χ0) is 8.97. The van der Waals surface area contributed by atoms with Gasteiger partial charge < -0.3 is 10.4 Å². The maximum atomic E-state index is 10.8. The Morgan fingerprint density at radius 2 is 2.58 bits per heavy atom. The predicted octanol–water partition coefficient (Wildman–Crippen LogP) is 0.918. The van der Waals surface area contributed by atoms with E-state index >= 15 is 0 Å². The maximum Gasteiger partial charge on any atom is 0.246 e. The zero-order valence-corrected chi connectivity index (χ0v) is 7.60. The Morgan fingerprint density at radius 3 is 3.08 bits per heavy atom. The number of thiophene rings is 1. The number of hydrogen-bond donors (Lipinski definition) is 2. The second-order valence-electron chi connectivity index (χ2n) is 2.50. The number of rotatable bonds is 3. The van der Waals surface area contributed by atoms with E-state index < -0.39 is 6.61 Å². The first kappa shape index (κ1) is 9.22. The molecule has 0 saturated heterocycles. The van der Waals surface area contributed by atoms with Gasteiger partial charge in [-0.15, -0.1) is 0 Å². The van der Waals surface area contributed by atoms with Gasteiger partial charge in [0.1, 0.15) is 6.61 Å². The molecule has 12 heavy (non-hydrogen) atoms. The van der Waals surface area contributed by atoms with Gasteiger partial charge in [0.15, 0.2) is 0 Å². The molecule has 1 unspecified atom stereocenters. The van der Waals surface area contributed by atoms with Gasteiger partial charge in [0, 0.05) is 0 Å². The lowest BCUT2D eigenvalue weighted by Crippen LogP contribution is -2.28. The van der Waals surface area contributed by atoms with Crippen LogP contribution in [-0.4, -0.2) is 17.6 Å². The summed E-state index contributed by atoms with van der Waals surface area (Å²) in [6.45, 7) is 1.43. The minimum Gasteiger partial charge on any atom is -0.387 e. The monoisotopic (exact) mass is 185 g/mol. The molecule has 3 nitrogen and oxygen atoms in total. The van der Waals surface area contributed by atoms with Crippen molar-refractivity contribution in [1.29, 1.82) is 0 Å². The van der Waals surface area contributed by atoms with Gasteiger partial charge >= 0.3 is 0 Å². The summed E-state index contributed by atoms with van der Waals surface area (Å²) in [6.07, 6.45) is 0. The molecule has 1 aromatic rings. The van der Waals surface area contributed by atoms with E-state index in [1.807, 2.05) is 23.8 Å². The molecule has 0 spiro atoms. The molecule has 0 fully saturated rings. The van der Waals surface area contributed by atoms with Crippen molar-refractivity contribution in [3.63, 3.8) is 0 Å². The van der Waals surface area contributed by atoms with E-state index in [2.05, 4.69) is 5.32 Å². The summed E-state index contributed by atoms with van der Waals surface area (Å²) in [5.74, 6) is -0.339. The minimum absolute atomic E-state index is 0.0177. The quantitative estimate of drug-likeness (QED) is 0.735. The van der Waals surface area contributed by atoms with Crippen LogP contribution in [0.25, 0.3) is 0 Å². The molecule has 0 bridgehead atoms. The molecule has 0 aliphatic carbocycles. The van der Waals surface area contributed by atoms with E-state index in [-0.39, 0.29) is 11.9 Å². The van der Waals surface area contributed by atoms with E-state index in [9.17, 15) is 4.79 Å². The van der Waals surface area contributed by atoms with Gasteiger partial charge in [-0.3, -0.25) is 4.79 Å². The molecule has 0 aliphatic rings. The van der Waals surface area contributed by atoms with Crippen LogP contribution in [0.1, 0.15) is 18.5 Å².